The van der Waals surface area contributed by atoms with Crippen molar-refractivity contribution in [1.29, 1.82) is 0 Å². The predicted molar refractivity (Wildman–Crippen MR) is 95.5 cm³/mol. The van der Waals surface area contributed by atoms with Gasteiger partial charge in [0.15, 0.2) is 6.10 Å². The molecule has 1 heterocycles. The van der Waals surface area contributed by atoms with Gasteiger partial charge >= 0.3 is 5.97 Å². The van der Waals surface area contributed by atoms with Crippen LogP contribution in [0.4, 0.5) is 0 Å². The smallest absolute Gasteiger partial charge is 0.303 e. The quantitative estimate of drug-likeness (QED) is 0.779. The van der Waals surface area contributed by atoms with Gasteiger partial charge in [0.1, 0.15) is 11.5 Å². The number of aliphatic hydroxyl groups is 1. The topological polar surface area (TPSA) is 66.8 Å². The fourth-order valence-electron chi connectivity index (χ4n) is 5.85. The van der Waals surface area contributed by atoms with Crippen molar-refractivity contribution in [3.8, 4) is 0 Å². The van der Waals surface area contributed by atoms with Gasteiger partial charge in [0, 0.05) is 24.8 Å². The van der Waals surface area contributed by atoms with Crippen LogP contribution in [0.2, 0.25) is 0 Å². The van der Waals surface area contributed by atoms with E-state index in [9.17, 15) is 14.7 Å². The van der Waals surface area contributed by atoms with Gasteiger partial charge in [-0.25, -0.2) is 0 Å². The van der Waals surface area contributed by atoms with E-state index in [-0.39, 0.29) is 16.0 Å². The molecule has 25 heavy (non-hydrogen) atoms. The van der Waals surface area contributed by atoms with Gasteiger partial charge in [0.05, 0.1) is 0 Å². The van der Waals surface area contributed by atoms with E-state index < -0.39 is 18.2 Å². The Morgan fingerprint density at radius 3 is 2.16 bits per heavy atom. The van der Waals surface area contributed by atoms with E-state index in [2.05, 4.69) is 0 Å². The Labute approximate surface area is 153 Å². The highest BCUT2D eigenvalue weighted by atomic mass is 32.2. The molecule has 5 nitrogen and oxygen atoms in total. The summed E-state index contributed by atoms with van der Waals surface area (Å²) in [5, 5.41) is 10.5. The summed E-state index contributed by atoms with van der Waals surface area (Å²) in [7, 11) is 0. The second kappa shape index (κ2) is 6.31. The zero-order valence-corrected chi connectivity index (χ0v) is 15.7. The maximum absolute atomic E-state index is 12.1. The third kappa shape index (κ3) is 3.23. The molecule has 4 aliphatic carbocycles. The number of carbonyl (C=O) groups is 2. The molecule has 0 aromatic carbocycles. The molecule has 0 radical (unpaired) electrons. The van der Waals surface area contributed by atoms with Gasteiger partial charge in [0.2, 0.25) is 5.91 Å². The van der Waals surface area contributed by atoms with Crippen molar-refractivity contribution in [3.63, 3.8) is 0 Å². The number of esters is 1. The number of hydrogen-bond acceptors (Lipinski definition) is 5. The Hall–Kier alpha value is -1.01. The average molecular weight is 365 g/mol. The Morgan fingerprint density at radius 2 is 1.68 bits per heavy atom. The Kier molecular flexibility index (Phi) is 4.39. The van der Waals surface area contributed by atoms with E-state index in [0.29, 0.717) is 0 Å². The van der Waals surface area contributed by atoms with Gasteiger partial charge in [-0.1, -0.05) is 0 Å². The van der Waals surface area contributed by atoms with Crippen molar-refractivity contribution in [2.24, 2.45) is 17.8 Å². The molecule has 1 amide bonds. The number of aliphatic hydroxyl groups excluding tert-OH is 1. The number of ether oxygens (including phenoxy) is 1. The summed E-state index contributed by atoms with van der Waals surface area (Å²) in [6, 6.07) is 0. The van der Waals surface area contributed by atoms with Gasteiger partial charge in [0.25, 0.3) is 0 Å². The number of thioether (sulfide) groups is 1. The average Bonchev–Trinajstić information content (AvgIpc) is 2.49. The van der Waals surface area contributed by atoms with Crippen molar-refractivity contribution in [2.75, 3.05) is 0 Å². The highest BCUT2D eigenvalue weighted by Gasteiger charge is 2.54. The second-order valence-corrected chi connectivity index (χ2v) is 10.0. The monoisotopic (exact) mass is 365 g/mol. The van der Waals surface area contributed by atoms with Crippen LogP contribution in [0.5, 0.6) is 0 Å². The van der Waals surface area contributed by atoms with E-state index in [1.165, 1.54) is 52.4 Å². The molecular formula is C19H27NO4S. The van der Waals surface area contributed by atoms with Crippen LogP contribution in [0.1, 0.15) is 52.4 Å². The number of hydrogen-bond donors (Lipinski definition) is 1. The lowest BCUT2D eigenvalue weighted by Crippen LogP contribution is -2.55. The van der Waals surface area contributed by atoms with Crippen LogP contribution in [0, 0.1) is 17.8 Å². The van der Waals surface area contributed by atoms with Gasteiger partial charge in [-0.3, -0.25) is 9.59 Å². The second-order valence-electron chi connectivity index (χ2n) is 8.44. The molecule has 6 heteroatoms. The molecule has 0 aromatic rings. The van der Waals surface area contributed by atoms with E-state index in [1.807, 2.05) is 0 Å². The van der Waals surface area contributed by atoms with Crippen LogP contribution in [0.25, 0.3) is 0 Å². The zero-order valence-electron chi connectivity index (χ0n) is 14.9. The highest BCUT2D eigenvalue weighted by Crippen LogP contribution is 2.61. The van der Waals surface area contributed by atoms with Gasteiger partial charge in [-0.05, 0) is 62.4 Å². The summed E-state index contributed by atoms with van der Waals surface area (Å²) in [5.74, 6) is 1.93. The van der Waals surface area contributed by atoms with Crippen LogP contribution in [0.3, 0.4) is 0 Å². The Bertz CT molecular complexity index is 569. The predicted octanol–water partition coefficient (Wildman–Crippen LogP) is 2.68. The summed E-state index contributed by atoms with van der Waals surface area (Å²) in [4.78, 5) is 25.1. The van der Waals surface area contributed by atoms with Gasteiger partial charge in [-0.2, -0.15) is 0 Å². The van der Waals surface area contributed by atoms with Crippen LogP contribution >= 0.6 is 11.8 Å². The van der Waals surface area contributed by atoms with Crippen LogP contribution in [-0.4, -0.2) is 44.2 Å². The first-order chi connectivity index (χ1) is 11.8. The lowest BCUT2D eigenvalue weighted by molar-refractivity contribution is -0.151. The molecule has 0 spiro atoms. The summed E-state index contributed by atoms with van der Waals surface area (Å²) in [6.45, 7) is 2.87. The van der Waals surface area contributed by atoms with Gasteiger partial charge < -0.3 is 14.7 Å². The molecule has 138 valence electrons. The summed E-state index contributed by atoms with van der Waals surface area (Å²) in [5.41, 5.74) is 0. The molecule has 4 saturated carbocycles. The maximum atomic E-state index is 12.1. The van der Waals surface area contributed by atoms with Crippen LogP contribution < -0.4 is 0 Å². The van der Waals surface area contributed by atoms with E-state index in [4.69, 9.17) is 4.74 Å². The van der Waals surface area contributed by atoms with Crippen molar-refractivity contribution < 1.29 is 19.4 Å². The molecule has 4 fully saturated rings. The molecule has 3 atom stereocenters. The lowest BCUT2D eigenvalue weighted by atomic mass is 9.56. The molecule has 1 aliphatic heterocycles. The van der Waals surface area contributed by atoms with Crippen molar-refractivity contribution in [2.45, 2.75) is 74.7 Å². The standard InChI is InChI=1S/C19H27NO4S/c1-11(21)20-4-3-16(24-12(2)22)17(23)18(20)25-19-8-13-5-14(9-19)7-15(6-13)10-19/h3-4,13-18,23H,5-10H2,1-2H3. The minimum atomic E-state index is -0.893. The lowest BCUT2D eigenvalue weighted by Gasteiger charge is -2.58. The first-order valence-corrected chi connectivity index (χ1v) is 10.2. The zero-order chi connectivity index (χ0) is 17.8. The third-order valence-electron chi connectivity index (χ3n) is 6.36. The minimum Gasteiger partial charge on any atom is -0.455 e. The molecule has 5 aliphatic rings. The maximum Gasteiger partial charge on any atom is 0.303 e. The number of rotatable bonds is 3. The number of amides is 1. The summed E-state index contributed by atoms with van der Waals surface area (Å²) in [6.07, 6.45) is 9.39. The van der Waals surface area contributed by atoms with E-state index in [0.717, 1.165) is 17.8 Å². The van der Waals surface area contributed by atoms with Crippen molar-refractivity contribution in [3.05, 3.63) is 12.3 Å². The minimum absolute atomic E-state index is 0.0844. The molecule has 5 rings (SSSR count). The highest BCUT2D eigenvalue weighted by molar-refractivity contribution is 8.01. The van der Waals surface area contributed by atoms with Crippen molar-refractivity contribution in [1.82, 2.24) is 4.90 Å². The van der Waals surface area contributed by atoms with E-state index in [1.54, 1.807) is 28.9 Å². The Balaban J connectivity index is 1.57. The summed E-state index contributed by atoms with van der Waals surface area (Å²) >= 11 is 1.77. The van der Waals surface area contributed by atoms with Crippen molar-refractivity contribution >= 4 is 23.6 Å². The normalized spacial score (nSPS) is 44.8. The number of nitrogens with zero attached hydrogens (tertiary/aromatic N) is 1. The largest absolute Gasteiger partial charge is 0.455 e. The first-order valence-electron chi connectivity index (χ1n) is 9.35. The SMILES string of the molecule is CC(=O)OC1C=CN(C(C)=O)C(SC23CC4CC(CC(C4)C2)C3)C1O. The fourth-order valence-corrected chi connectivity index (χ4v) is 7.98. The third-order valence-corrected chi connectivity index (χ3v) is 8.11. The van der Waals surface area contributed by atoms with Crippen LogP contribution in [-0.2, 0) is 14.3 Å². The van der Waals surface area contributed by atoms with E-state index >= 15 is 0 Å². The molecular weight excluding hydrogens is 338 g/mol. The molecule has 1 N–H and O–H groups in total. The van der Waals surface area contributed by atoms with Gasteiger partial charge in [-0.15, -0.1) is 11.8 Å². The molecule has 0 saturated heterocycles. The fraction of sp³-hybridized carbons (Fsp3) is 0.789. The molecule has 0 aromatic heterocycles. The first kappa shape index (κ1) is 17.4. The Morgan fingerprint density at radius 1 is 1.12 bits per heavy atom. The summed E-state index contributed by atoms with van der Waals surface area (Å²) < 4.78 is 5.42. The van der Waals surface area contributed by atoms with Crippen LogP contribution in [0.15, 0.2) is 12.3 Å². The molecule has 3 unspecified atom stereocenters. The molecule has 4 bridgehead atoms. The number of carbonyl (C=O) groups excluding carboxylic acids is 2.